The predicted octanol–water partition coefficient (Wildman–Crippen LogP) is 2.45. The van der Waals surface area contributed by atoms with Crippen LogP contribution in [0.2, 0.25) is 0 Å². The first-order valence-corrected chi connectivity index (χ1v) is 8.20. The van der Waals surface area contributed by atoms with E-state index < -0.39 is 11.9 Å². The molecule has 0 aromatic carbocycles. The van der Waals surface area contributed by atoms with Crippen LogP contribution in [0.1, 0.15) is 39.5 Å². The summed E-state index contributed by atoms with van der Waals surface area (Å²) >= 11 is 0. The highest BCUT2D eigenvalue weighted by atomic mass is 16.4. The number of allylic oxidation sites excluding steroid dienone is 2. The van der Waals surface area contributed by atoms with Gasteiger partial charge in [-0.1, -0.05) is 38.8 Å². The Hall–Kier alpha value is -1.32. The third-order valence-corrected chi connectivity index (χ3v) is 6.08. The Labute approximate surface area is 126 Å². The van der Waals surface area contributed by atoms with Gasteiger partial charge in [-0.05, 0) is 36.5 Å². The summed E-state index contributed by atoms with van der Waals surface area (Å²) in [6.07, 6.45) is 8.24. The van der Waals surface area contributed by atoms with E-state index in [0.29, 0.717) is 11.8 Å². The Morgan fingerprint density at radius 1 is 1.10 bits per heavy atom. The lowest BCUT2D eigenvalue weighted by Gasteiger charge is -2.36. The van der Waals surface area contributed by atoms with E-state index in [9.17, 15) is 14.7 Å². The fourth-order valence-corrected chi connectivity index (χ4v) is 4.58. The lowest BCUT2D eigenvalue weighted by Crippen LogP contribution is -2.48. The minimum absolute atomic E-state index is 0.0369. The summed E-state index contributed by atoms with van der Waals surface area (Å²) in [6, 6.07) is 0.207. The first-order valence-electron chi connectivity index (χ1n) is 8.20. The van der Waals surface area contributed by atoms with Crippen LogP contribution in [-0.4, -0.2) is 23.0 Å². The van der Waals surface area contributed by atoms with E-state index in [0.717, 1.165) is 19.3 Å². The smallest absolute Gasteiger partial charge is 0.307 e. The Morgan fingerprint density at radius 3 is 2.43 bits per heavy atom. The van der Waals surface area contributed by atoms with Crippen molar-refractivity contribution in [2.45, 2.75) is 45.6 Å². The van der Waals surface area contributed by atoms with Crippen molar-refractivity contribution in [3.8, 4) is 0 Å². The number of fused-ring (bicyclic) bond motifs is 2. The molecule has 4 heteroatoms. The molecule has 0 aliphatic heterocycles. The van der Waals surface area contributed by atoms with Gasteiger partial charge in [0.1, 0.15) is 0 Å². The molecule has 3 aliphatic carbocycles. The number of amides is 1. The van der Waals surface area contributed by atoms with Crippen molar-refractivity contribution in [1.82, 2.24) is 5.32 Å². The van der Waals surface area contributed by atoms with Crippen LogP contribution in [0.5, 0.6) is 0 Å². The lowest BCUT2D eigenvalue weighted by atomic mass is 9.77. The third kappa shape index (κ3) is 2.49. The maximum atomic E-state index is 12.7. The van der Waals surface area contributed by atoms with Crippen LogP contribution >= 0.6 is 0 Å². The Kier molecular flexibility index (Phi) is 3.80. The van der Waals surface area contributed by atoms with Gasteiger partial charge in [-0.25, -0.2) is 0 Å². The molecule has 2 saturated carbocycles. The number of rotatable bonds is 3. The molecule has 0 heterocycles. The minimum atomic E-state index is -0.822. The van der Waals surface area contributed by atoms with Gasteiger partial charge in [0, 0.05) is 6.04 Å². The lowest BCUT2D eigenvalue weighted by molar-refractivity contribution is -0.148. The number of carboxylic acid groups (broad SMARTS) is 1. The van der Waals surface area contributed by atoms with Crippen molar-refractivity contribution < 1.29 is 14.7 Å². The van der Waals surface area contributed by atoms with Crippen molar-refractivity contribution >= 4 is 11.9 Å². The molecule has 7 atom stereocenters. The van der Waals surface area contributed by atoms with Crippen molar-refractivity contribution in [3.63, 3.8) is 0 Å². The number of hydrogen-bond acceptors (Lipinski definition) is 2. The highest BCUT2D eigenvalue weighted by molar-refractivity contribution is 5.87. The van der Waals surface area contributed by atoms with Crippen molar-refractivity contribution in [2.75, 3.05) is 0 Å². The minimum Gasteiger partial charge on any atom is -0.481 e. The molecule has 0 spiro atoms. The van der Waals surface area contributed by atoms with E-state index in [1.54, 1.807) is 0 Å². The molecule has 3 aliphatic rings. The van der Waals surface area contributed by atoms with Crippen LogP contribution < -0.4 is 5.32 Å². The van der Waals surface area contributed by atoms with E-state index in [-0.39, 0.29) is 29.7 Å². The summed E-state index contributed by atoms with van der Waals surface area (Å²) in [7, 11) is 0. The second-order valence-electron chi connectivity index (χ2n) is 7.22. The SMILES string of the molecule is C[C@H]1[C@@H](NC(=O)[C@H]2[C@@H](C(=O)O)[C@H]3C=C[C@@H]2C3)CCC[C@@H]1C. The van der Waals surface area contributed by atoms with Crippen molar-refractivity contribution in [1.29, 1.82) is 0 Å². The fourth-order valence-electron chi connectivity index (χ4n) is 4.58. The fraction of sp³-hybridized carbons (Fsp3) is 0.765. The van der Waals surface area contributed by atoms with Crippen LogP contribution in [0.25, 0.3) is 0 Å². The normalized spacial score (nSPS) is 44.8. The van der Waals surface area contributed by atoms with Gasteiger partial charge in [0.15, 0.2) is 0 Å². The highest BCUT2D eigenvalue weighted by Crippen LogP contribution is 2.48. The van der Waals surface area contributed by atoms with Crippen LogP contribution in [0, 0.1) is 35.5 Å². The monoisotopic (exact) mass is 291 g/mol. The predicted molar refractivity (Wildman–Crippen MR) is 79.5 cm³/mol. The summed E-state index contributed by atoms with van der Waals surface area (Å²) in [4.78, 5) is 24.2. The second-order valence-corrected chi connectivity index (χ2v) is 7.22. The molecular weight excluding hydrogens is 266 g/mol. The van der Waals surface area contributed by atoms with Gasteiger partial charge in [0.05, 0.1) is 11.8 Å². The molecule has 2 fully saturated rings. The van der Waals surface area contributed by atoms with E-state index >= 15 is 0 Å². The van der Waals surface area contributed by atoms with Crippen LogP contribution in [0.3, 0.4) is 0 Å². The topological polar surface area (TPSA) is 66.4 Å². The zero-order chi connectivity index (χ0) is 15.1. The molecule has 2 N–H and O–H groups in total. The number of nitrogens with one attached hydrogen (secondary N) is 1. The number of carbonyl (C=O) groups excluding carboxylic acids is 1. The average molecular weight is 291 g/mol. The van der Waals surface area contributed by atoms with Crippen LogP contribution in [0.15, 0.2) is 12.2 Å². The quantitative estimate of drug-likeness (QED) is 0.785. The molecule has 3 rings (SSSR count). The third-order valence-electron chi connectivity index (χ3n) is 6.08. The zero-order valence-corrected chi connectivity index (χ0v) is 12.8. The van der Waals surface area contributed by atoms with Gasteiger partial charge in [-0.15, -0.1) is 0 Å². The summed E-state index contributed by atoms with van der Waals surface area (Å²) < 4.78 is 0. The zero-order valence-electron chi connectivity index (χ0n) is 12.8. The molecule has 2 bridgehead atoms. The number of carbonyl (C=O) groups is 2. The van der Waals surface area contributed by atoms with E-state index in [1.165, 1.54) is 6.42 Å². The standard InChI is InChI=1S/C17H25NO3/c1-9-4-3-5-13(10(9)2)18-16(19)14-11-6-7-12(8-11)15(14)17(20)21/h6-7,9-15H,3-5,8H2,1-2H3,(H,18,19)(H,20,21)/t9-,10+,11+,12-,13-,14+,15-/m0/s1. The van der Waals surface area contributed by atoms with Gasteiger partial charge in [0.25, 0.3) is 0 Å². The molecule has 116 valence electrons. The molecular formula is C17H25NO3. The van der Waals surface area contributed by atoms with E-state index in [4.69, 9.17) is 0 Å². The van der Waals surface area contributed by atoms with Gasteiger partial charge in [-0.2, -0.15) is 0 Å². The Bertz CT molecular complexity index is 473. The average Bonchev–Trinajstić information content (AvgIpc) is 3.04. The summed E-state index contributed by atoms with van der Waals surface area (Å²) in [6.45, 7) is 4.44. The molecule has 1 amide bonds. The highest BCUT2D eigenvalue weighted by Gasteiger charge is 2.52. The van der Waals surface area contributed by atoms with Gasteiger partial charge in [0.2, 0.25) is 5.91 Å². The van der Waals surface area contributed by atoms with Crippen LogP contribution in [0.4, 0.5) is 0 Å². The first kappa shape index (κ1) is 14.6. The maximum Gasteiger partial charge on any atom is 0.307 e. The molecule has 4 nitrogen and oxygen atoms in total. The molecule has 0 radical (unpaired) electrons. The largest absolute Gasteiger partial charge is 0.481 e. The molecule has 0 aromatic heterocycles. The van der Waals surface area contributed by atoms with Gasteiger partial charge in [-0.3, -0.25) is 9.59 Å². The Balaban J connectivity index is 1.70. The van der Waals surface area contributed by atoms with Gasteiger partial charge >= 0.3 is 5.97 Å². The number of aliphatic carboxylic acids is 1. The molecule has 0 saturated heterocycles. The summed E-state index contributed by atoms with van der Waals surface area (Å²) in [5.74, 6) is -0.502. The second kappa shape index (κ2) is 5.47. The van der Waals surface area contributed by atoms with Crippen LogP contribution in [-0.2, 0) is 9.59 Å². The first-order chi connectivity index (χ1) is 9.99. The number of carboxylic acids is 1. The Morgan fingerprint density at radius 2 is 1.76 bits per heavy atom. The summed E-state index contributed by atoms with van der Waals surface area (Å²) in [5.41, 5.74) is 0. The maximum absolute atomic E-state index is 12.7. The van der Waals surface area contributed by atoms with Crippen molar-refractivity contribution in [2.24, 2.45) is 35.5 Å². The molecule has 21 heavy (non-hydrogen) atoms. The van der Waals surface area contributed by atoms with Crippen molar-refractivity contribution in [3.05, 3.63) is 12.2 Å². The van der Waals surface area contributed by atoms with E-state index in [2.05, 4.69) is 19.2 Å². The molecule has 0 unspecified atom stereocenters. The van der Waals surface area contributed by atoms with Gasteiger partial charge < -0.3 is 10.4 Å². The molecule has 0 aromatic rings. The summed E-state index contributed by atoms with van der Waals surface area (Å²) in [5, 5.41) is 12.6. The van der Waals surface area contributed by atoms with E-state index in [1.807, 2.05) is 12.2 Å². The number of hydrogen-bond donors (Lipinski definition) is 2.